The molecular weight excluding hydrogens is 450 g/mol. The van der Waals surface area contributed by atoms with Gasteiger partial charge in [0.1, 0.15) is 5.57 Å². The number of amides is 2. The zero-order valence-corrected chi connectivity index (χ0v) is 19.0. The Morgan fingerprint density at radius 3 is 2.58 bits per heavy atom. The predicted octanol–water partition coefficient (Wildman–Crippen LogP) is 4.80. The summed E-state index contributed by atoms with van der Waals surface area (Å²) in [4.78, 5) is 28.0. The van der Waals surface area contributed by atoms with E-state index in [2.05, 4.69) is 16.5 Å². The molecule has 0 saturated carbocycles. The van der Waals surface area contributed by atoms with Crippen LogP contribution in [-0.2, 0) is 16.6 Å². The summed E-state index contributed by atoms with van der Waals surface area (Å²) in [5.41, 5.74) is 1.82. The van der Waals surface area contributed by atoms with E-state index in [1.165, 1.54) is 16.7 Å². The van der Waals surface area contributed by atoms with Crippen LogP contribution in [0.4, 0.5) is 0 Å². The molecule has 1 saturated heterocycles. The Morgan fingerprint density at radius 1 is 1.16 bits per heavy atom. The lowest BCUT2D eigenvalue weighted by Crippen LogP contribution is -2.53. The van der Waals surface area contributed by atoms with Gasteiger partial charge in [0.15, 0.2) is 5.11 Å². The van der Waals surface area contributed by atoms with Gasteiger partial charge in [0.2, 0.25) is 0 Å². The van der Waals surface area contributed by atoms with E-state index in [9.17, 15) is 9.59 Å². The van der Waals surface area contributed by atoms with Crippen LogP contribution >= 0.6 is 35.6 Å². The molecule has 0 bridgehead atoms. The molecule has 1 aliphatic rings. The molecule has 5 nitrogen and oxygen atoms in total. The van der Waals surface area contributed by atoms with Crippen molar-refractivity contribution in [3.63, 3.8) is 0 Å². The van der Waals surface area contributed by atoms with Crippen molar-refractivity contribution in [2.45, 2.75) is 9.92 Å². The Hall–Kier alpha value is -2.87. The number of hydrogen-bond donors (Lipinski definition) is 1. The molecule has 2 heterocycles. The third-order valence-electron chi connectivity index (χ3n) is 4.90. The van der Waals surface area contributed by atoms with Crippen LogP contribution in [0.5, 0.6) is 0 Å². The fourth-order valence-electron chi connectivity index (χ4n) is 3.41. The summed E-state index contributed by atoms with van der Waals surface area (Å²) in [5.74, 6) is -0.949. The summed E-state index contributed by atoms with van der Waals surface area (Å²) in [6.45, 7) is 3.88. The molecule has 31 heavy (non-hydrogen) atoms. The SMILES string of the molecule is C=CCN1C(=O)/C(=C/c2c(Sc3ccc(Cl)cc3)n(C)c3ccccc23)C(=O)NC1=S. The number of nitrogens with zero attached hydrogens (tertiary/aromatic N) is 2. The molecule has 2 aromatic carbocycles. The first-order valence-corrected chi connectivity index (χ1v) is 11.0. The van der Waals surface area contributed by atoms with Gasteiger partial charge in [0.05, 0.1) is 5.03 Å². The van der Waals surface area contributed by atoms with Gasteiger partial charge in [-0.2, -0.15) is 0 Å². The van der Waals surface area contributed by atoms with E-state index in [-0.39, 0.29) is 17.2 Å². The molecule has 0 spiro atoms. The minimum atomic E-state index is -0.509. The predicted molar refractivity (Wildman–Crippen MR) is 129 cm³/mol. The number of carbonyl (C=O) groups is 2. The highest BCUT2D eigenvalue weighted by atomic mass is 35.5. The number of halogens is 1. The Kier molecular flexibility index (Phi) is 6.00. The highest BCUT2D eigenvalue weighted by Gasteiger charge is 2.33. The fourth-order valence-corrected chi connectivity index (χ4v) is 4.80. The number of hydrogen-bond acceptors (Lipinski definition) is 4. The Labute approximate surface area is 194 Å². The molecule has 0 atom stereocenters. The van der Waals surface area contributed by atoms with Gasteiger partial charge < -0.3 is 4.57 Å². The molecule has 1 aliphatic heterocycles. The molecule has 4 rings (SSSR count). The molecule has 0 aliphatic carbocycles. The lowest BCUT2D eigenvalue weighted by Gasteiger charge is -2.27. The molecule has 2 amide bonds. The number of rotatable bonds is 5. The number of thiocarbonyl (C=S) groups is 1. The second-order valence-electron chi connectivity index (χ2n) is 6.87. The number of para-hydroxylation sites is 1. The topological polar surface area (TPSA) is 54.3 Å². The first kappa shape index (κ1) is 21.4. The average molecular weight is 468 g/mol. The highest BCUT2D eigenvalue weighted by Crippen LogP contribution is 2.38. The van der Waals surface area contributed by atoms with Gasteiger partial charge in [-0.05, 0) is 48.6 Å². The maximum atomic E-state index is 13.0. The van der Waals surface area contributed by atoms with Gasteiger partial charge in [-0.3, -0.25) is 19.8 Å². The smallest absolute Gasteiger partial charge is 0.265 e. The summed E-state index contributed by atoms with van der Waals surface area (Å²) in [7, 11) is 1.96. The number of nitrogens with one attached hydrogen (secondary N) is 1. The maximum absolute atomic E-state index is 13.0. The quantitative estimate of drug-likeness (QED) is 0.253. The van der Waals surface area contributed by atoms with Crippen molar-refractivity contribution in [3.05, 3.63) is 77.3 Å². The molecule has 1 N–H and O–H groups in total. The van der Waals surface area contributed by atoms with Crippen molar-refractivity contribution in [1.82, 2.24) is 14.8 Å². The summed E-state index contributed by atoms with van der Waals surface area (Å²) in [5, 5.41) is 5.19. The first-order chi connectivity index (χ1) is 14.9. The van der Waals surface area contributed by atoms with Gasteiger partial charge in [0, 0.05) is 40.0 Å². The molecule has 0 unspecified atom stereocenters. The molecular formula is C23H18ClN3O2S2. The van der Waals surface area contributed by atoms with E-state index in [1.807, 2.05) is 55.6 Å². The largest absolute Gasteiger partial charge is 0.338 e. The summed E-state index contributed by atoms with van der Waals surface area (Å²) >= 11 is 12.7. The first-order valence-electron chi connectivity index (χ1n) is 9.41. The Morgan fingerprint density at radius 2 is 1.87 bits per heavy atom. The van der Waals surface area contributed by atoms with Crippen LogP contribution in [0.25, 0.3) is 17.0 Å². The number of fused-ring (bicyclic) bond motifs is 1. The molecule has 8 heteroatoms. The molecule has 156 valence electrons. The second kappa shape index (κ2) is 8.70. The number of carbonyl (C=O) groups excluding carboxylic acids is 2. The molecule has 1 aromatic heterocycles. The minimum Gasteiger partial charge on any atom is -0.338 e. The molecule has 0 radical (unpaired) electrons. The Balaban J connectivity index is 1.87. The van der Waals surface area contributed by atoms with E-state index in [0.717, 1.165) is 26.4 Å². The van der Waals surface area contributed by atoms with Crippen LogP contribution in [0, 0.1) is 0 Å². The van der Waals surface area contributed by atoms with Crippen LogP contribution in [0.15, 0.2) is 76.7 Å². The number of benzene rings is 2. The van der Waals surface area contributed by atoms with Crippen LogP contribution in [0.2, 0.25) is 5.02 Å². The third-order valence-corrected chi connectivity index (χ3v) is 6.67. The summed E-state index contributed by atoms with van der Waals surface area (Å²) < 4.78 is 2.05. The van der Waals surface area contributed by atoms with Crippen molar-refractivity contribution in [2.24, 2.45) is 7.05 Å². The van der Waals surface area contributed by atoms with Crippen molar-refractivity contribution in [3.8, 4) is 0 Å². The van der Waals surface area contributed by atoms with E-state index < -0.39 is 11.8 Å². The van der Waals surface area contributed by atoms with Gasteiger partial charge >= 0.3 is 0 Å². The summed E-state index contributed by atoms with van der Waals surface area (Å²) in [6.07, 6.45) is 3.22. The van der Waals surface area contributed by atoms with E-state index in [4.69, 9.17) is 23.8 Å². The van der Waals surface area contributed by atoms with Crippen LogP contribution in [0.1, 0.15) is 5.56 Å². The summed E-state index contributed by atoms with van der Waals surface area (Å²) in [6, 6.07) is 15.4. The number of aromatic nitrogens is 1. The normalized spacial score (nSPS) is 15.6. The van der Waals surface area contributed by atoms with E-state index in [0.29, 0.717) is 5.02 Å². The van der Waals surface area contributed by atoms with Gasteiger partial charge in [-0.1, -0.05) is 47.6 Å². The lowest BCUT2D eigenvalue weighted by atomic mass is 10.1. The van der Waals surface area contributed by atoms with Gasteiger partial charge in [-0.15, -0.1) is 6.58 Å². The molecule has 3 aromatic rings. The van der Waals surface area contributed by atoms with E-state index in [1.54, 1.807) is 12.2 Å². The maximum Gasteiger partial charge on any atom is 0.265 e. The zero-order chi connectivity index (χ0) is 22.1. The fraction of sp³-hybridized carbons (Fsp3) is 0.0870. The van der Waals surface area contributed by atoms with Gasteiger partial charge in [-0.25, -0.2) is 0 Å². The second-order valence-corrected chi connectivity index (χ2v) is 8.76. The lowest BCUT2D eigenvalue weighted by molar-refractivity contribution is -0.128. The average Bonchev–Trinajstić information content (AvgIpc) is 3.01. The van der Waals surface area contributed by atoms with Crippen molar-refractivity contribution >= 4 is 69.5 Å². The third kappa shape index (κ3) is 4.04. The van der Waals surface area contributed by atoms with Crippen molar-refractivity contribution in [2.75, 3.05) is 6.54 Å². The van der Waals surface area contributed by atoms with E-state index >= 15 is 0 Å². The standard InChI is InChI=1S/C23H18ClN3O2S2/c1-3-12-27-21(29)18(20(28)25-23(27)30)13-17-16-6-4-5-7-19(16)26(2)22(17)31-15-10-8-14(24)9-11-15/h3-11,13H,1,12H2,2H3,(H,25,28,30)/b18-13+. The minimum absolute atomic E-state index is 0.0322. The van der Waals surface area contributed by atoms with Gasteiger partial charge in [0.25, 0.3) is 11.8 Å². The molecule has 1 fully saturated rings. The zero-order valence-electron chi connectivity index (χ0n) is 16.6. The van der Waals surface area contributed by atoms with Crippen molar-refractivity contribution < 1.29 is 9.59 Å². The number of aryl methyl sites for hydroxylation is 1. The van der Waals surface area contributed by atoms with Crippen LogP contribution in [0.3, 0.4) is 0 Å². The van der Waals surface area contributed by atoms with Crippen LogP contribution < -0.4 is 5.32 Å². The Bertz CT molecular complexity index is 1260. The van der Waals surface area contributed by atoms with Crippen LogP contribution in [-0.4, -0.2) is 32.9 Å². The monoisotopic (exact) mass is 467 g/mol. The van der Waals surface area contributed by atoms with Crippen molar-refractivity contribution in [1.29, 1.82) is 0 Å². The highest BCUT2D eigenvalue weighted by molar-refractivity contribution is 7.99.